The monoisotopic (exact) mass is 254 g/mol. The lowest BCUT2D eigenvalue weighted by molar-refractivity contribution is -0.384. The van der Waals surface area contributed by atoms with E-state index in [0.29, 0.717) is 12.0 Å². The van der Waals surface area contributed by atoms with Crippen molar-refractivity contribution in [2.75, 3.05) is 5.33 Å². The van der Waals surface area contributed by atoms with Gasteiger partial charge >= 0.3 is 0 Å². The molecule has 0 saturated carbocycles. The fraction of sp³-hybridized carbons (Fsp3) is 0.222. The summed E-state index contributed by atoms with van der Waals surface area (Å²) < 4.78 is 0. The van der Waals surface area contributed by atoms with Crippen LogP contribution in [0.2, 0.25) is 0 Å². The summed E-state index contributed by atoms with van der Waals surface area (Å²) >= 11 is 3.25. The molecule has 1 aromatic rings. The molecule has 5 heteroatoms. The summed E-state index contributed by atoms with van der Waals surface area (Å²) in [6.07, 6.45) is 0.695. The number of benzene rings is 1. The summed E-state index contributed by atoms with van der Waals surface area (Å²) in [4.78, 5) is 9.92. The van der Waals surface area contributed by atoms with E-state index in [1.165, 1.54) is 12.1 Å². The van der Waals surface area contributed by atoms with E-state index in [1.807, 2.05) is 6.07 Å². The maximum Gasteiger partial charge on any atom is 0.270 e. The van der Waals surface area contributed by atoms with Crippen molar-refractivity contribution < 1.29 is 4.92 Å². The highest BCUT2D eigenvalue weighted by atomic mass is 79.9. The van der Waals surface area contributed by atoms with E-state index in [-0.39, 0.29) is 5.69 Å². The van der Waals surface area contributed by atoms with Gasteiger partial charge in [-0.1, -0.05) is 22.0 Å². The van der Waals surface area contributed by atoms with E-state index in [9.17, 15) is 10.1 Å². The first-order valence-corrected chi connectivity index (χ1v) is 5.04. The summed E-state index contributed by atoms with van der Waals surface area (Å²) in [7, 11) is 0. The fourth-order valence-electron chi connectivity index (χ4n) is 1.10. The predicted octanol–water partition coefficient (Wildman–Crippen LogP) is 2.40. The minimum absolute atomic E-state index is 0.0418. The van der Waals surface area contributed by atoms with Gasteiger partial charge in [-0.2, -0.15) is 5.26 Å². The molecule has 0 N–H and O–H groups in total. The molecule has 0 spiro atoms. The molecule has 0 saturated heterocycles. The van der Waals surface area contributed by atoms with Crippen molar-refractivity contribution in [1.82, 2.24) is 0 Å². The predicted molar refractivity (Wildman–Crippen MR) is 55.3 cm³/mol. The van der Waals surface area contributed by atoms with Gasteiger partial charge in [-0.15, -0.1) is 0 Å². The van der Waals surface area contributed by atoms with Crippen molar-refractivity contribution in [3.63, 3.8) is 0 Å². The van der Waals surface area contributed by atoms with Crippen LogP contribution in [0.4, 0.5) is 5.69 Å². The number of halogens is 1. The van der Waals surface area contributed by atoms with E-state index >= 15 is 0 Å². The molecule has 72 valence electrons. The Kier molecular flexibility index (Phi) is 3.60. The Balaban J connectivity index is 3.13. The maximum absolute atomic E-state index is 10.4. The molecule has 0 unspecified atom stereocenters. The van der Waals surface area contributed by atoms with Crippen LogP contribution in [0.5, 0.6) is 0 Å². The number of alkyl halides is 1. The largest absolute Gasteiger partial charge is 0.270 e. The zero-order valence-corrected chi connectivity index (χ0v) is 8.82. The number of nitro benzene ring substituents is 1. The minimum Gasteiger partial charge on any atom is -0.258 e. The molecule has 4 nitrogen and oxygen atoms in total. The summed E-state index contributed by atoms with van der Waals surface area (Å²) in [5, 5.41) is 19.9. The van der Waals surface area contributed by atoms with Gasteiger partial charge in [0, 0.05) is 17.5 Å². The quantitative estimate of drug-likeness (QED) is 0.473. The smallest absolute Gasteiger partial charge is 0.258 e. The second-order valence-electron chi connectivity index (χ2n) is 2.65. The number of non-ortho nitro benzene ring substituents is 1. The van der Waals surface area contributed by atoms with E-state index in [4.69, 9.17) is 5.26 Å². The number of aryl methyl sites for hydroxylation is 1. The Bertz CT molecular complexity index is 398. The van der Waals surface area contributed by atoms with Crippen LogP contribution in [-0.2, 0) is 6.42 Å². The first-order valence-electron chi connectivity index (χ1n) is 3.92. The van der Waals surface area contributed by atoms with Crippen LogP contribution in [0.15, 0.2) is 18.2 Å². The van der Waals surface area contributed by atoms with Crippen LogP contribution >= 0.6 is 15.9 Å². The van der Waals surface area contributed by atoms with Gasteiger partial charge in [0.05, 0.1) is 16.6 Å². The van der Waals surface area contributed by atoms with E-state index < -0.39 is 4.92 Å². The van der Waals surface area contributed by atoms with Gasteiger partial charge in [0.2, 0.25) is 0 Å². The standard InChI is InChI=1S/C9H7BrN2O2/c10-4-3-7-1-2-9(12(13)14)5-8(7)6-11/h1-2,5H,3-4H2. The molecule has 0 heterocycles. The normalized spacial score (nSPS) is 9.43. The molecule has 0 atom stereocenters. The third kappa shape index (κ3) is 2.30. The van der Waals surface area contributed by atoms with Crippen LogP contribution < -0.4 is 0 Å². The van der Waals surface area contributed by atoms with Crippen molar-refractivity contribution >= 4 is 21.6 Å². The Morgan fingerprint density at radius 2 is 2.29 bits per heavy atom. The molecule has 14 heavy (non-hydrogen) atoms. The SMILES string of the molecule is N#Cc1cc([N+](=O)[O-])ccc1CCBr. The molecule has 1 rings (SSSR count). The van der Waals surface area contributed by atoms with E-state index in [0.717, 1.165) is 10.9 Å². The zero-order valence-electron chi connectivity index (χ0n) is 7.24. The lowest BCUT2D eigenvalue weighted by atomic mass is 10.1. The van der Waals surface area contributed by atoms with Crippen LogP contribution in [0, 0.1) is 21.4 Å². The molecule has 0 aromatic heterocycles. The first kappa shape index (κ1) is 10.7. The highest BCUT2D eigenvalue weighted by molar-refractivity contribution is 9.09. The van der Waals surface area contributed by atoms with Crippen molar-refractivity contribution in [3.05, 3.63) is 39.4 Å². The van der Waals surface area contributed by atoms with E-state index in [2.05, 4.69) is 15.9 Å². The molecule has 0 fully saturated rings. The Morgan fingerprint density at radius 3 is 2.79 bits per heavy atom. The van der Waals surface area contributed by atoms with Crippen LogP contribution in [0.25, 0.3) is 0 Å². The Hall–Kier alpha value is -1.41. The van der Waals surface area contributed by atoms with Crippen molar-refractivity contribution in [3.8, 4) is 6.07 Å². The lowest BCUT2D eigenvalue weighted by Crippen LogP contribution is -1.94. The Morgan fingerprint density at radius 1 is 1.57 bits per heavy atom. The molecular weight excluding hydrogens is 248 g/mol. The second-order valence-corrected chi connectivity index (χ2v) is 3.44. The number of rotatable bonds is 3. The molecule has 0 aliphatic heterocycles. The first-order chi connectivity index (χ1) is 6.69. The maximum atomic E-state index is 10.4. The number of nitro groups is 1. The molecule has 0 aliphatic carbocycles. The van der Waals surface area contributed by atoms with Crippen LogP contribution in [0.3, 0.4) is 0 Å². The van der Waals surface area contributed by atoms with Gasteiger partial charge in [-0.3, -0.25) is 10.1 Å². The number of nitriles is 1. The van der Waals surface area contributed by atoms with Crippen molar-refractivity contribution in [1.29, 1.82) is 5.26 Å². The molecule has 0 amide bonds. The van der Waals surface area contributed by atoms with Gasteiger partial charge in [0.1, 0.15) is 0 Å². The van der Waals surface area contributed by atoms with Crippen LogP contribution in [-0.4, -0.2) is 10.3 Å². The average molecular weight is 255 g/mol. The van der Waals surface area contributed by atoms with Gasteiger partial charge in [0.15, 0.2) is 0 Å². The average Bonchev–Trinajstić information content (AvgIpc) is 2.18. The fourth-order valence-corrected chi connectivity index (χ4v) is 1.53. The van der Waals surface area contributed by atoms with Gasteiger partial charge in [-0.05, 0) is 12.0 Å². The topological polar surface area (TPSA) is 66.9 Å². The summed E-state index contributed by atoms with van der Waals surface area (Å²) in [6.45, 7) is 0. The van der Waals surface area contributed by atoms with Gasteiger partial charge in [-0.25, -0.2) is 0 Å². The van der Waals surface area contributed by atoms with Crippen molar-refractivity contribution in [2.45, 2.75) is 6.42 Å². The lowest BCUT2D eigenvalue weighted by Gasteiger charge is -2.00. The zero-order chi connectivity index (χ0) is 10.6. The third-order valence-corrected chi connectivity index (χ3v) is 2.19. The highest BCUT2D eigenvalue weighted by Gasteiger charge is 2.09. The molecule has 1 aromatic carbocycles. The van der Waals surface area contributed by atoms with E-state index in [1.54, 1.807) is 6.07 Å². The molecule has 0 bridgehead atoms. The number of hydrogen-bond acceptors (Lipinski definition) is 3. The molecule has 0 aliphatic rings. The summed E-state index contributed by atoms with van der Waals surface area (Å²) in [5.41, 5.74) is 1.16. The number of hydrogen-bond donors (Lipinski definition) is 0. The van der Waals surface area contributed by atoms with Crippen molar-refractivity contribution in [2.24, 2.45) is 0 Å². The van der Waals surface area contributed by atoms with Crippen LogP contribution in [0.1, 0.15) is 11.1 Å². The van der Waals surface area contributed by atoms with Gasteiger partial charge in [0.25, 0.3) is 5.69 Å². The summed E-state index contributed by atoms with van der Waals surface area (Å²) in [6, 6.07) is 6.29. The number of nitrogens with zero attached hydrogens (tertiary/aromatic N) is 2. The molecular formula is C9H7BrN2O2. The van der Waals surface area contributed by atoms with Gasteiger partial charge < -0.3 is 0 Å². The highest BCUT2D eigenvalue weighted by Crippen LogP contribution is 2.18. The molecule has 0 radical (unpaired) electrons. The second kappa shape index (κ2) is 4.72. The third-order valence-electron chi connectivity index (χ3n) is 1.79. The Labute approximate surface area is 89.4 Å². The summed E-state index contributed by atoms with van der Waals surface area (Å²) in [5.74, 6) is 0. The minimum atomic E-state index is -0.501.